The molecule has 0 atom stereocenters. The van der Waals surface area contributed by atoms with E-state index in [-0.39, 0.29) is 24.6 Å². The van der Waals surface area contributed by atoms with Crippen LogP contribution in [0.5, 0.6) is 0 Å². The zero-order valence-electron chi connectivity index (χ0n) is 16.4. The number of ether oxygens (including phenoxy) is 1. The van der Waals surface area contributed by atoms with Crippen molar-refractivity contribution in [1.82, 2.24) is 14.5 Å². The summed E-state index contributed by atoms with van der Waals surface area (Å²) in [4.78, 5) is 45.0. The molecular formula is C22H22N4O4. The number of carbonyl (C=O) groups is 2. The summed E-state index contributed by atoms with van der Waals surface area (Å²) >= 11 is 0. The molecule has 0 saturated carbocycles. The molecule has 3 aromatic rings. The lowest BCUT2D eigenvalue weighted by atomic mass is 10.2. The molecule has 1 fully saturated rings. The number of para-hydroxylation sites is 2. The molecule has 4 rings (SSSR count). The van der Waals surface area contributed by atoms with Gasteiger partial charge in [0.25, 0.3) is 11.5 Å². The van der Waals surface area contributed by atoms with E-state index in [1.807, 2.05) is 30.3 Å². The molecule has 0 radical (unpaired) electrons. The number of benzene rings is 2. The molecule has 1 aliphatic heterocycles. The highest BCUT2D eigenvalue weighted by molar-refractivity contribution is 5.81. The number of esters is 1. The number of carbonyl (C=O) groups excluding carboxylic acids is 2. The summed E-state index contributed by atoms with van der Waals surface area (Å²) in [5, 5.41) is 0.431. The summed E-state index contributed by atoms with van der Waals surface area (Å²) in [6.45, 7) is 1.97. The van der Waals surface area contributed by atoms with Gasteiger partial charge in [0.05, 0.1) is 17.2 Å². The first kappa shape index (κ1) is 19.6. The Labute approximate surface area is 173 Å². The average molecular weight is 406 g/mol. The molecular weight excluding hydrogens is 384 g/mol. The molecule has 0 spiro atoms. The number of fused-ring (bicyclic) bond motifs is 1. The molecule has 0 unspecified atom stereocenters. The topological polar surface area (TPSA) is 84.7 Å². The minimum atomic E-state index is -0.648. The molecule has 1 aromatic heterocycles. The molecule has 2 aromatic carbocycles. The van der Waals surface area contributed by atoms with E-state index < -0.39 is 5.97 Å². The van der Waals surface area contributed by atoms with Gasteiger partial charge in [0.2, 0.25) is 0 Å². The monoisotopic (exact) mass is 406 g/mol. The van der Waals surface area contributed by atoms with Crippen molar-refractivity contribution in [3.05, 3.63) is 71.3 Å². The Bertz CT molecular complexity index is 1100. The Balaban J connectivity index is 1.28. The van der Waals surface area contributed by atoms with Gasteiger partial charge < -0.3 is 14.5 Å². The van der Waals surface area contributed by atoms with Crippen LogP contribution in [0.4, 0.5) is 5.69 Å². The highest BCUT2D eigenvalue weighted by Crippen LogP contribution is 2.15. The largest absolute Gasteiger partial charge is 0.454 e. The van der Waals surface area contributed by atoms with E-state index in [4.69, 9.17) is 4.74 Å². The van der Waals surface area contributed by atoms with Crippen LogP contribution < -0.4 is 10.5 Å². The number of hydrogen-bond donors (Lipinski definition) is 0. The van der Waals surface area contributed by atoms with Gasteiger partial charge in [-0.2, -0.15) is 0 Å². The van der Waals surface area contributed by atoms with Gasteiger partial charge >= 0.3 is 5.97 Å². The fourth-order valence-electron chi connectivity index (χ4n) is 3.49. The number of piperazine rings is 1. The normalized spacial score (nSPS) is 14.0. The van der Waals surface area contributed by atoms with Crippen LogP contribution in [0.3, 0.4) is 0 Å². The lowest BCUT2D eigenvalue weighted by Crippen LogP contribution is -2.50. The molecule has 0 aliphatic carbocycles. The van der Waals surface area contributed by atoms with Crippen molar-refractivity contribution in [3.8, 4) is 0 Å². The first-order chi connectivity index (χ1) is 14.6. The van der Waals surface area contributed by atoms with Crippen LogP contribution in [0.2, 0.25) is 0 Å². The van der Waals surface area contributed by atoms with Crippen molar-refractivity contribution < 1.29 is 14.3 Å². The van der Waals surface area contributed by atoms with Crippen molar-refractivity contribution in [2.75, 3.05) is 37.7 Å². The van der Waals surface area contributed by atoms with Crippen LogP contribution in [-0.4, -0.2) is 59.1 Å². The fraction of sp³-hybridized carbons (Fsp3) is 0.273. The van der Waals surface area contributed by atoms with E-state index in [1.54, 1.807) is 29.2 Å². The molecule has 8 heteroatoms. The molecule has 1 amide bonds. The van der Waals surface area contributed by atoms with E-state index in [2.05, 4.69) is 9.88 Å². The summed E-state index contributed by atoms with van der Waals surface area (Å²) in [5.74, 6) is -0.884. The molecule has 8 nitrogen and oxygen atoms in total. The van der Waals surface area contributed by atoms with Crippen LogP contribution >= 0.6 is 0 Å². The number of aromatic nitrogens is 2. The fourth-order valence-corrected chi connectivity index (χ4v) is 3.49. The van der Waals surface area contributed by atoms with Gasteiger partial charge in [0, 0.05) is 31.9 Å². The predicted molar refractivity (Wildman–Crippen MR) is 112 cm³/mol. The summed E-state index contributed by atoms with van der Waals surface area (Å²) < 4.78 is 6.30. The van der Waals surface area contributed by atoms with Gasteiger partial charge in [-0.3, -0.25) is 19.0 Å². The van der Waals surface area contributed by atoms with Crippen LogP contribution in [-0.2, 0) is 20.9 Å². The number of rotatable bonds is 5. The van der Waals surface area contributed by atoms with Gasteiger partial charge in [-0.05, 0) is 24.3 Å². The van der Waals surface area contributed by atoms with E-state index in [1.165, 1.54) is 10.9 Å². The third kappa shape index (κ3) is 4.32. The molecule has 1 saturated heterocycles. The number of amides is 1. The maximum absolute atomic E-state index is 12.4. The highest BCUT2D eigenvalue weighted by atomic mass is 16.5. The van der Waals surface area contributed by atoms with E-state index >= 15 is 0 Å². The lowest BCUT2D eigenvalue weighted by molar-refractivity contribution is -0.152. The average Bonchev–Trinajstić information content (AvgIpc) is 2.80. The van der Waals surface area contributed by atoms with Crippen molar-refractivity contribution in [2.45, 2.75) is 6.54 Å². The van der Waals surface area contributed by atoms with Crippen LogP contribution in [0.15, 0.2) is 65.7 Å². The third-order valence-corrected chi connectivity index (χ3v) is 5.14. The number of nitrogens with zero attached hydrogens (tertiary/aromatic N) is 4. The Morgan fingerprint density at radius 2 is 1.63 bits per heavy atom. The minimum Gasteiger partial charge on any atom is -0.454 e. The summed E-state index contributed by atoms with van der Waals surface area (Å²) in [6, 6.07) is 17.0. The Hall–Kier alpha value is -3.68. The number of anilines is 1. The van der Waals surface area contributed by atoms with Crippen molar-refractivity contribution in [2.24, 2.45) is 0 Å². The molecule has 0 bridgehead atoms. The van der Waals surface area contributed by atoms with Gasteiger partial charge in [0.15, 0.2) is 6.61 Å². The minimum absolute atomic E-state index is 0.236. The zero-order valence-corrected chi connectivity index (χ0v) is 16.4. The van der Waals surface area contributed by atoms with Gasteiger partial charge in [0.1, 0.15) is 6.54 Å². The van der Waals surface area contributed by atoms with E-state index in [0.717, 1.165) is 18.8 Å². The smallest absolute Gasteiger partial charge is 0.326 e. The Morgan fingerprint density at radius 3 is 2.40 bits per heavy atom. The van der Waals surface area contributed by atoms with Gasteiger partial charge in [-0.25, -0.2) is 4.98 Å². The molecule has 2 heterocycles. The second-order valence-corrected chi connectivity index (χ2v) is 7.06. The second-order valence-electron chi connectivity index (χ2n) is 7.06. The van der Waals surface area contributed by atoms with Gasteiger partial charge in [-0.15, -0.1) is 0 Å². The third-order valence-electron chi connectivity index (χ3n) is 5.14. The highest BCUT2D eigenvalue weighted by Gasteiger charge is 2.22. The molecule has 154 valence electrons. The lowest BCUT2D eigenvalue weighted by Gasteiger charge is -2.36. The Morgan fingerprint density at radius 1 is 0.933 bits per heavy atom. The van der Waals surface area contributed by atoms with Crippen LogP contribution in [0.25, 0.3) is 10.9 Å². The maximum atomic E-state index is 12.4. The van der Waals surface area contributed by atoms with Crippen molar-refractivity contribution >= 4 is 28.5 Å². The molecule has 0 N–H and O–H groups in total. The van der Waals surface area contributed by atoms with Crippen LogP contribution in [0.1, 0.15) is 0 Å². The van der Waals surface area contributed by atoms with Crippen molar-refractivity contribution in [3.63, 3.8) is 0 Å². The first-order valence-corrected chi connectivity index (χ1v) is 9.79. The van der Waals surface area contributed by atoms with Crippen LogP contribution in [0, 0.1) is 0 Å². The summed E-state index contributed by atoms with van der Waals surface area (Å²) in [6.07, 6.45) is 1.32. The SMILES string of the molecule is O=C(Cn1cnc2ccccc2c1=O)OCC(=O)N1CCN(c2ccccc2)CC1. The maximum Gasteiger partial charge on any atom is 0.326 e. The van der Waals surface area contributed by atoms with E-state index in [0.29, 0.717) is 24.0 Å². The number of hydrogen-bond acceptors (Lipinski definition) is 6. The zero-order chi connectivity index (χ0) is 20.9. The summed E-state index contributed by atoms with van der Waals surface area (Å²) in [7, 11) is 0. The standard InChI is InChI=1S/C22H22N4O4/c27-20(25-12-10-24(11-13-25)17-6-2-1-3-7-17)15-30-21(28)14-26-16-23-19-9-5-4-8-18(19)22(26)29/h1-9,16H,10-15H2. The first-order valence-electron chi connectivity index (χ1n) is 9.79. The second kappa shape index (κ2) is 8.77. The Kier molecular flexibility index (Phi) is 5.74. The molecule has 1 aliphatic rings. The predicted octanol–water partition coefficient (Wildman–Crippen LogP) is 1.29. The summed E-state index contributed by atoms with van der Waals surface area (Å²) in [5.41, 5.74) is 1.38. The van der Waals surface area contributed by atoms with Crippen molar-refractivity contribution in [1.29, 1.82) is 0 Å². The van der Waals surface area contributed by atoms with Gasteiger partial charge in [-0.1, -0.05) is 30.3 Å². The quantitative estimate of drug-likeness (QED) is 0.594. The molecule has 30 heavy (non-hydrogen) atoms. The van der Waals surface area contributed by atoms with E-state index in [9.17, 15) is 14.4 Å².